The molecule has 1 aromatic rings. The number of methoxy groups -OCH3 is 1. The van der Waals surface area contributed by atoms with Gasteiger partial charge in [0.15, 0.2) is 0 Å². The van der Waals surface area contributed by atoms with Crippen molar-refractivity contribution < 1.29 is 9.53 Å². The summed E-state index contributed by atoms with van der Waals surface area (Å²) in [5.41, 5.74) is 0.570. The van der Waals surface area contributed by atoms with Crippen LogP contribution in [-0.2, 0) is 4.74 Å². The van der Waals surface area contributed by atoms with Crippen LogP contribution in [0.25, 0.3) is 0 Å². The molecule has 0 saturated carbocycles. The smallest absolute Gasteiger partial charge is 0.254 e. The van der Waals surface area contributed by atoms with Gasteiger partial charge in [-0.3, -0.25) is 4.79 Å². The molecule has 0 unspecified atom stereocenters. The first-order valence-corrected chi connectivity index (χ1v) is 6.69. The molecule has 0 spiro atoms. The van der Waals surface area contributed by atoms with Crippen molar-refractivity contribution in [2.45, 2.75) is 18.9 Å². The molecule has 1 N–H and O–H groups in total. The Balaban J connectivity index is 2.09. The number of nitrogens with one attached hydrogen (secondary N) is 1. The second-order valence-electron chi connectivity index (χ2n) is 4.54. The number of nitrogens with zero attached hydrogens (tertiary/aromatic N) is 2. The highest BCUT2D eigenvalue weighted by Gasteiger charge is 2.23. The summed E-state index contributed by atoms with van der Waals surface area (Å²) < 4.78 is 5.30. The number of aromatic nitrogens is 1. The van der Waals surface area contributed by atoms with Crippen LogP contribution >= 0.6 is 11.6 Å². The van der Waals surface area contributed by atoms with E-state index < -0.39 is 0 Å². The molecule has 0 bridgehead atoms. The predicted octanol–water partition coefficient (Wildman–Crippen LogP) is 2.03. The number of rotatable bonds is 3. The highest BCUT2D eigenvalue weighted by molar-refractivity contribution is 6.29. The topological polar surface area (TPSA) is 54.5 Å². The van der Waals surface area contributed by atoms with Gasteiger partial charge < -0.3 is 15.0 Å². The minimum Gasteiger partial charge on any atom is -0.381 e. The maximum atomic E-state index is 12.4. The third-order valence-corrected chi connectivity index (χ3v) is 3.55. The number of carbonyl (C=O) groups excluding carboxylic acids is 1. The highest BCUT2D eigenvalue weighted by Crippen LogP contribution is 2.19. The molecule has 1 amide bonds. The molecule has 19 heavy (non-hydrogen) atoms. The lowest BCUT2D eigenvalue weighted by Gasteiger charge is -2.31. The Bertz CT molecular complexity index is 459. The molecule has 2 rings (SSSR count). The molecule has 1 aliphatic heterocycles. The van der Waals surface area contributed by atoms with Crippen LogP contribution in [0.15, 0.2) is 12.1 Å². The Morgan fingerprint density at radius 1 is 1.47 bits per heavy atom. The Labute approximate surface area is 117 Å². The number of pyridine rings is 1. The number of carbonyl (C=O) groups is 1. The van der Waals surface area contributed by atoms with Crippen molar-refractivity contribution in [3.63, 3.8) is 0 Å². The van der Waals surface area contributed by atoms with Gasteiger partial charge in [-0.1, -0.05) is 11.6 Å². The van der Waals surface area contributed by atoms with Gasteiger partial charge >= 0.3 is 0 Å². The summed E-state index contributed by atoms with van der Waals surface area (Å²) in [6.07, 6.45) is 2.01. The molecular formula is C13H18ClN3O2. The third-order valence-electron chi connectivity index (χ3n) is 3.36. The van der Waals surface area contributed by atoms with Crippen molar-refractivity contribution in [3.8, 4) is 0 Å². The summed E-state index contributed by atoms with van der Waals surface area (Å²) in [6, 6.07) is 3.32. The fourth-order valence-electron chi connectivity index (χ4n) is 2.23. The average Bonchev–Trinajstić information content (AvgIpc) is 2.46. The molecule has 2 heterocycles. The quantitative estimate of drug-likeness (QED) is 0.863. The van der Waals surface area contributed by atoms with Gasteiger partial charge in [0.1, 0.15) is 11.0 Å². The van der Waals surface area contributed by atoms with Gasteiger partial charge in [-0.25, -0.2) is 4.98 Å². The van der Waals surface area contributed by atoms with Gasteiger partial charge in [0.2, 0.25) is 0 Å². The lowest BCUT2D eigenvalue weighted by atomic mass is 10.1. The zero-order chi connectivity index (χ0) is 13.8. The van der Waals surface area contributed by atoms with Crippen molar-refractivity contribution >= 4 is 23.3 Å². The van der Waals surface area contributed by atoms with Crippen LogP contribution in [0, 0.1) is 0 Å². The molecular weight excluding hydrogens is 266 g/mol. The van der Waals surface area contributed by atoms with Crippen LogP contribution in [0.5, 0.6) is 0 Å². The van der Waals surface area contributed by atoms with Crippen LogP contribution in [-0.4, -0.2) is 49.1 Å². The Morgan fingerprint density at radius 3 is 2.74 bits per heavy atom. The second-order valence-corrected chi connectivity index (χ2v) is 4.93. The summed E-state index contributed by atoms with van der Waals surface area (Å²) in [5, 5.41) is 3.22. The molecule has 1 fully saturated rings. The van der Waals surface area contributed by atoms with E-state index in [1.165, 1.54) is 0 Å². The van der Waals surface area contributed by atoms with Gasteiger partial charge in [-0.15, -0.1) is 0 Å². The monoisotopic (exact) mass is 283 g/mol. The summed E-state index contributed by atoms with van der Waals surface area (Å²) in [4.78, 5) is 18.3. The predicted molar refractivity (Wildman–Crippen MR) is 74.7 cm³/mol. The maximum absolute atomic E-state index is 12.4. The first-order valence-electron chi connectivity index (χ1n) is 6.31. The molecule has 0 radical (unpaired) electrons. The highest BCUT2D eigenvalue weighted by atomic mass is 35.5. The Hall–Kier alpha value is -1.33. The second kappa shape index (κ2) is 6.21. The average molecular weight is 284 g/mol. The van der Waals surface area contributed by atoms with Crippen molar-refractivity contribution in [2.75, 3.05) is 32.6 Å². The number of piperidine rings is 1. The van der Waals surface area contributed by atoms with Crippen molar-refractivity contribution in [3.05, 3.63) is 22.8 Å². The van der Waals surface area contributed by atoms with E-state index in [9.17, 15) is 4.79 Å². The van der Waals surface area contributed by atoms with Gasteiger partial charge in [-0.2, -0.15) is 0 Å². The molecule has 0 atom stereocenters. The van der Waals surface area contributed by atoms with E-state index >= 15 is 0 Å². The fourth-order valence-corrected chi connectivity index (χ4v) is 2.43. The third kappa shape index (κ3) is 3.36. The van der Waals surface area contributed by atoms with E-state index in [1.807, 2.05) is 4.90 Å². The number of hydrogen-bond acceptors (Lipinski definition) is 4. The van der Waals surface area contributed by atoms with Crippen molar-refractivity contribution in [1.82, 2.24) is 9.88 Å². The van der Waals surface area contributed by atoms with Crippen molar-refractivity contribution in [2.24, 2.45) is 0 Å². The van der Waals surface area contributed by atoms with Crippen molar-refractivity contribution in [1.29, 1.82) is 0 Å². The lowest BCUT2D eigenvalue weighted by molar-refractivity contribution is 0.0351. The molecule has 0 aromatic carbocycles. The minimum atomic E-state index is -0.00430. The van der Waals surface area contributed by atoms with Crippen LogP contribution < -0.4 is 5.32 Å². The van der Waals surface area contributed by atoms with E-state index in [-0.39, 0.29) is 12.0 Å². The van der Waals surface area contributed by atoms with E-state index in [4.69, 9.17) is 16.3 Å². The molecule has 1 aromatic heterocycles. The molecule has 1 aliphatic rings. The van der Waals surface area contributed by atoms with Gasteiger partial charge in [0, 0.05) is 32.8 Å². The zero-order valence-electron chi connectivity index (χ0n) is 11.1. The number of halogens is 1. The largest absolute Gasteiger partial charge is 0.381 e. The van der Waals surface area contributed by atoms with Gasteiger partial charge in [-0.05, 0) is 25.0 Å². The normalized spacial score (nSPS) is 16.5. The van der Waals surface area contributed by atoms with Gasteiger partial charge in [0.05, 0.1) is 6.10 Å². The number of hydrogen-bond donors (Lipinski definition) is 1. The lowest BCUT2D eigenvalue weighted by Crippen LogP contribution is -2.40. The Kier molecular flexibility index (Phi) is 4.61. The molecule has 5 nitrogen and oxygen atoms in total. The number of amides is 1. The standard InChI is InChI=1S/C13H18ClN3O2/c1-15-12-8-9(7-11(14)16-12)13(18)17-5-3-10(19-2)4-6-17/h7-8,10H,3-6H2,1-2H3,(H,15,16). The molecule has 6 heteroatoms. The first-order chi connectivity index (χ1) is 9.13. The van der Waals surface area contributed by atoms with Crippen LogP contribution in [0.1, 0.15) is 23.2 Å². The van der Waals surface area contributed by atoms with E-state index in [2.05, 4.69) is 10.3 Å². The van der Waals surface area contributed by atoms with Crippen LogP contribution in [0.4, 0.5) is 5.82 Å². The first kappa shape index (κ1) is 14.1. The summed E-state index contributed by atoms with van der Waals surface area (Å²) in [7, 11) is 3.46. The molecule has 104 valence electrons. The van der Waals surface area contributed by atoms with Gasteiger partial charge in [0.25, 0.3) is 5.91 Å². The molecule has 0 aliphatic carbocycles. The van der Waals surface area contributed by atoms with E-state index in [1.54, 1.807) is 26.3 Å². The number of anilines is 1. The summed E-state index contributed by atoms with van der Waals surface area (Å²) in [5.74, 6) is 0.595. The SMILES string of the molecule is CNc1cc(C(=O)N2CCC(OC)CC2)cc(Cl)n1. The zero-order valence-corrected chi connectivity index (χ0v) is 11.9. The summed E-state index contributed by atoms with van der Waals surface area (Å²) in [6.45, 7) is 1.43. The van der Waals surface area contributed by atoms with E-state index in [0.29, 0.717) is 29.6 Å². The fraction of sp³-hybridized carbons (Fsp3) is 0.538. The number of ether oxygens (including phenoxy) is 1. The number of likely N-dealkylation sites (tertiary alicyclic amines) is 1. The van der Waals surface area contributed by atoms with Crippen LogP contribution in [0.2, 0.25) is 5.15 Å². The molecule has 1 saturated heterocycles. The Morgan fingerprint density at radius 2 is 2.16 bits per heavy atom. The van der Waals surface area contributed by atoms with E-state index in [0.717, 1.165) is 12.8 Å². The maximum Gasteiger partial charge on any atom is 0.254 e. The summed E-state index contributed by atoms with van der Waals surface area (Å²) >= 11 is 5.92. The minimum absolute atomic E-state index is 0.00430. The van der Waals surface area contributed by atoms with Crippen LogP contribution in [0.3, 0.4) is 0 Å².